The van der Waals surface area contributed by atoms with Crippen LogP contribution in [0, 0.1) is 0 Å². The highest BCUT2D eigenvalue weighted by Crippen LogP contribution is 2.17. The summed E-state index contributed by atoms with van der Waals surface area (Å²) in [5.41, 5.74) is 2.19. The maximum atomic E-state index is 12.2. The number of nitrogens with zero attached hydrogens (tertiary/aromatic N) is 2. The van der Waals surface area contributed by atoms with Gasteiger partial charge in [-0.1, -0.05) is 40.2 Å². The molecule has 0 aromatic heterocycles. The van der Waals surface area contributed by atoms with E-state index in [4.69, 9.17) is 0 Å². The Kier molecular flexibility index (Phi) is 5.97. The number of hydrogen-bond acceptors (Lipinski definition) is 3. The van der Waals surface area contributed by atoms with Gasteiger partial charge in [-0.05, 0) is 42.4 Å². The van der Waals surface area contributed by atoms with E-state index in [2.05, 4.69) is 33.0 Å². The molecule has 0 unspecified atom stereocenters. The minimum atomic E-state index is -3.39. The normalized spacial score (nSPS) is 12.1. The van der Waals surface area contributed by atoms with E-state index >= 15 is 0 Å². The van der Waals surface area contributed by atoms with Crippen molar-refractivity contribution in [1.29, 1.82) is 0 Å². The highest BCUT2D eigenvalue weighted by Gasteiger charge is 2.17. The van der Waals surface area contributed by atoms with E-state index in [1.165, 1.54) is 9.87 Å². The summed E-state index contributed by atoms with van der Waals surface area (Å²) in [5, 5.41) is 0. The summed E-state index contributed by atoms with van der Waals surface area (Å²) in [4.78, 5) is 2.49. The van der Waals surface area contributed by atoms with Gasteiger partial charge >= 0.3 is 0 Å². The summed E-state index contributed by atoms with van der Waals surface area (Å²) in [7, 11) is 1.72. The van der Waals surface area contributed by atoms with Gasteiger partial charge in [-0.25, -0.2) is 12.7 Å². The van der Waals surface area contributed by atoms with Crippen molar-refractivity contribution in [3.05, 3.63) is 64.1 Å². The van der Waals surface area contributed by atoms with Gasteiger partial charge in [-0.3, -0.25) is 4.90 Å². The van der Waals surface area contributed by atoms with Gasteiger partial charge in [0.2, 0.25) is 10.0 Å². The molecule has 2 aromatic rings. The van der Waals surface area contributed by atoms with Crippen LogP contribution in [0.25, 0.3) is 0 Å². The average molecular weight is 397 g/mol. The lowest BCUT2D eigenvalue weighted by molar-refractivity contribution is 0.319. The minimum Gasteiger partial charge on any atom is -0.298 e. The Bertz CT molecular complexity index is 758. The molecule has 0 aliphatic carbocycles. The molecule has 6 heteroatoms. The summed E-state index contributed by atoms with van der Waals surface area (Å²) >= 11 is 3.43. The summed E-state index contributed by atoms with van der Waals surface area (Å²) < 4.78 is 26.7. The van der Waals surface area contributed by atoms with Crippen LogP contribution >= 0.6 is 15.9 Å². The predicted octanol–water partition coefficient (Wildman–Crippen LogP) is 3.33. The van der Waals surface area contributed by atoms with Crippen LogP contribution in [0.15, 0.2) is 57.9 Å². The molecular weight excluding hydrogens is 376 g/mol. The second kappa shape index (κ2) is 7.57. The van der Waals surface area contributed by atoms with Crippen molar-refractivity contribution in [2.24, 2.45) is 0 Å². The van der Waals surface area contributed by atoms with Crippen molar-refractivity contribution >= 4 is 26.0 Å². The molecule has 0 aliphatic rings. The Balaban J connectivity index is 2.09. The van der Waals surface area contributed by atoms with Crippen molar-refractivity contribution in [1.82, 2.24) is 9.21 Å². The quantitative estimate of drug-likeness (QED) is 0.751. The maximum absolute atomic E-state index is 12.2. The molecule has 0 fully saturated rings. The predicted molar refractivity (Wildman–Crippen MR) is 96.6 cm³/mol. The summed E-state index contributed by atoms with van der Waals surface area (Å²) in [5.74, 6) is 0. The molecule has 0 atom stereocenters. The van der Waals surface area contributed by atoms with E-state index in [-0.39, 0.29) is 0 Å². The van der Waals surface area contributed by atoms with Crippen molar-refractivity contribution in [2.45, 2.75) is 18.0 Å². The van der Waals surface area contributed by atoms with Crippen LogP contribution in [0.2, 0.25) is 0 Å². The van der Waals surface area contributed by atoms with Crippen molar-refractivity contribution in [3.8, 4) is 0 Å². The Morgan fingerprint density at radius 2 is 1.52 bits per heavy atom. The second-order valence-corrected chi connectivity index (χ2v) is 8.80. The van der Waals surface area contributed by atoms with Gasteiger partial charge in [0.25, 0.3) is 0 Å². The molecule has 2 aromatic carbocycles. The molecule has 124 valence electrons. The summed E-state index contributed by atoms with van der Waals surface area (Å²) in [6.45, 7) is 1.49. The van der Waals surface area contributed by atoms with Gasteiger partial charge < -0.3 is 0 Å². The van der Waals surface area contributed by atoms with E-state index in [1.54, 1.807) is 32.3 Å². The number of halogens is 1. The number of sulfonamides is 1. The first-order valence-corrected chi connectivity index (χ1v) is 9.47. The largest absolute Gasteiger partial charge is 0.298 e. The van der Waals surface area contributed by atoms with Gasteiger partial charge in [0, 0.05) is 31.7 Å². The molecule has 2 rings (SSSR count). The molecule has 0 saturated heterocycles. The Morgan fingerprint density at radius 1 is 0.913 bits per heavy atom. The number of hydrogen-bond donors (Lipinski definition) is 0. The maximum Gasteiger partial charge on any atom is 0.242 e. The summed E-state index contributed by atoms with van der Waals surface area (Å²) in [6.07, 6.45) is 0. The van der Waals surface area contributed by atoms with Crippen LogP contribution < -0.4 is 0 Å². The first-order chi connectivity index (χ1) is 10.8. The van der Waals surface area contributed by atoms with Crippen LogP contribution in [0.3, 0.4) is 0 Å². The standard InChI is InChI=1S/C17H21BrN2O2S/c1-19(2)23(21,22)17-6-4-5-15(11-17)13-20(3)12-14-7-9-16(18)10-8-14/h4-11H,12-13H2,1-3H3. The average Bonchev–Trinajstić information content (AvgIpc) is 2.49. The lowest BCUT2D eigenvalue weighted by atomic mass is 10.2. The second-order valence-electron chi connectivity index (χ2n) is 5.73. The molecule has 0 N–H and O–H groups in total. The molecule has 0 aliphatic heterocycles. The first-order valence-electron chi connectivity index (χ1n) is 7.23. The molecular formula is C17H21BrN2O2S. The first kappa shape index (κ1) is 18.1. The number of benzene rings is 2. The monoisotopic (exact) mass is 396 g/mol. The van der Waals surface area contributed by atoms with E-state index in [9.17, 15) is 8.42 Å². The topological polar surface area (TPSA) is 40.6 Å². The van der Waals surface area contributed by atoms with E-state index in [1.807, 2.05) is 25.2 Å². The zero-order valence-electron chi connectivity index (χ0n) is 13.5. The van der Waals surface area contributed by atoms with Gasteiger partial charge in [0.05, 0.1) is 4.90 Å². The van der Waals surface area contributed by atoms with Gasteiger partial charge in [-0.2, -0.15) is 0 Å². The summed E-state index contributed by atoms with van der Waals surface area (Å²) in [6, 6.07) is 15.3. The molecule has 0 bridgehead atoms. The molecule has 0 radical (unpaired) electrons. The zero-order valence-corrected chi connectivity index (χ0v) is 15.9. The highest BCUT2D eigenvalue weighted by atomic mass is 79.9. The van der Waals surface area contributed by atoms with Crippen molar-refractivity contribution in [2.75, 3.05) is 21.1 Å². The fourth-order valence-electron chi connectivity index (χ4n) is 2.28. The van der Waals surface area contributed by atoms with Crippen LogP contribution in [0.5, 0.6) is 0 Å². The van der Waals surface area contributed by atoms with E-state index in [0.29, 0.717) is 11.4 Å². The van der Waals surface area contributed by atoms with Gasteiger partial charge in [-0.15, -0.1) is 0 Å². The molecule has 0 saturated carbocycles. The highest BCUT2D eigenvalue weighted by molar-refractivity contribution is 9.10. The van der Waals surface area contributed by atoms with Crippen LogP contribution in [-0.2, 0) is 23.1 Å². The smallest absolute Gasteiger partial charge is 0.242 e. The Labute approximate surface area is 146 Å². The Morgan fingerprint density at radius 3 is 2.13 bits per heavy atom. The van der Waals surface area contributed by atoms with E-state index in [0.717, 1.165) is 16.6 Å². The third kappa shape index (κ3) is 4.88. The lowest BCUT2D eigenvalue weighted by Crippen LogP contribution is -2.22. The number of rotatable bonds is 6. The molecule has 4 nitrogen and oxygen atoms in total. The molecule has 0 spiro atoms. The molecule has 0 heterocycles. The van der Waals surface area contributed by atoms with Gasteiger partial charge in [0.1, 0.15) is 0 Å². The van der Waals surface area contributed by atoms with Crippen LogP contribution in [0.4, 0.5) is 0 Å². The fourth-order valence-corrected chi connectivity index (χ4v) is 3.52. The van der Waals surface area contributed by atoms with Crippen molar-refractivity contribution < 1.29 is 8.42 Å². The third-order valence-corrected chi connectivity index (χ3v) is 5.84. The van der Waals surface area contributed by atoms with Crippen LogP contribution in [-0.4, -0.2) is 38.8 Å². The SMILES string of the molecule is CN(Cc1ccc(Br)cc1)Cc1cccc(S(=O)(=O)N(C)C)c1. The lowest BCUT2D eigenvalue weighted by Gasteiger charge is -2.18. The molecule has 0 amide bonds. The molecule has 23 heavy (non-hydrogen) atoms. The van der Waals surface area contributed by atoms with Crippen LogP contribution in [0.1, 0.15) is 11.1 Å². The zero-order chi connectivity index (χ0) is 17.0. The van der Waals surface area contributed by atoms with E-state index < -0.39 is 10.0 Å². The van der Waals surface area contributed by atoms with Crippen molar-refractivity contribution in [3.63, 3.8) is 0 Å². The third-order valence-electron chi connectivity index (χ3n) is 3.50. The fraction of sp³-hybridized carbons (Fsp3) is 0.294. The Hall–Kier alpha value is -1.21. The minimum absolute atomic E-state index is 0.331. The van der Waals surface area contributed by atoms with Gasteiger partial charge in [0.15, 0.2) is 0 Å².